The predicted molar refractivity (Wildman–Crippen MR) is 62.8 cm³/mol. The highest BCUT2D eigenvalue weighted by molar-refractivity contribution is 5.29. The molecule has 0 spiro atoms. The number of pyridine rings is 1. The first-order chi connectivity index (χ1) is 8.42. The Morgan fingerprint density at radius 1 is 1.33 bits per heavy atom. The Balaban J connectivity index is 2.35. The summed E-state index contributed by atoms with van der Waals surface area (Å²) in [6.45, 7) is 3.18. The molecule has 0 saturated heterocycles. The minimum absolute atomic E-state index is 0.149. The quantitative estimate of drug-likeness (QED) is 0.800. The number of aromatic nitrogens is 1. The molecule has 0 aliphatic carbocycles. The van der Waals surface area contributed by atoms with E-state index in [0.29, 0.717) is 5.75 Å². The van der Waals surface area contributed by atoms with Crippen molar-refractivity contribution in [2.45, 2.75) is 26.4 Å². The van der Waals surface area contributed by atoms with Crippen LogP contribution in [0.5, 0.6) is 5.75 Å². The zero-order chi connectivity index (χ0) is 13.6. The summed E-state index contributed by atoms with van der Waals surface area (Å²) in [6, 6.07) is 3.61. The molecule has 0 amide bonds. The molecule has 0 aliphatic heterocycles. The molecule has 1 N–H and O–H groups in total. The standard InChI is InChI=1S/C12H17F3N2O/c1-3-10-11(5-4-9(2)17-10)18-7-6-16-8-12(13,14)15/h4-5,16H,3,6-8H2,1-2H3. The molecule has 0 unspecified atom stereocenters. The fraction of sp³-hybridized carbons (Fsp3) is 0.583. The topological polar surface area (TPSA) is 34.1 Å². The second kappa shape index (κ2) is 6.58. The molecule has 18 heavy (non-hydrogen) atoms. The van der Waals surface area contributed by atoms with Crippen LogP contribution in [0.4, 0.5) is 13.2 Å². The van der Waals surface area contributed by atoms with Crippen molar-refractivity contribution in [3.8, 4) is 5.75 Å². The summed E-state index contributed by atoms with van der Waals surface area (Å²) in [4.78, 5) is 4.30. The Kier molecular flexibility index (Phi) is 5.40. The SMILES string of the molecule is CCc1nc(C)ccc1OCCNCC(F)(F)F. The van der Waals surface area contributed by atoms with Gasteiger partial charge < -0.3 is 10.1 Å². The van der Waals surface area contributed by atoms with Crippen molar-refractivity contribution in [2.75, 3.05) is 19.7 Å². The third-order valence-corrected chi connectivity index (χ3v) is 2.27. The summed E-state index contributed by atoms with van der Waals surface area (Å²) in [5.74, 6) is 0.636. The predicted octanol–water partition coefficient (Wildman–Crippen LogP) is 2.48. The summed E-state index contributed by atoms with van der Waals surface area (Å²) < 4.78 is 41.0. The van der Waals surface area contributed by atoms with Gasteiger partial charge in [0.15, 0.2) is 0 Å². The lowest BCUT2D eigenvalue weighted by atomic mass is 10.2. The Bertz CT molecular complexity index is 380. The molecule has 3 nitrogen and oxygen atoms in total. The largest absolute Gasteiger partial charge is 0.490 e. The average Bonchev–Trinajstić information content (AvgIpc) is 2.28. The molecule has 0 radical (unpaired) electrons. The van der Waals surface area contributed by atoms with Crippen molar-refractivity contribution in [3.63, 3.8) is 0 Å². The monoisotopic (exact) mass is 262 g/mol. The van der Waals surface area contributed by atoms with E-state index in [4.69, 9.17) is 4.74 Å². The van der Waals surface area contributed by atoms with Crippen LogP contribution < -0.4 is 10.1 Å². The number of nitrogens with one attached hydrogen (secondary N) is 1. The number of aryl methyl sites for hydroxylation is 2. The van der Waals surface area contributed by atoms with Gasteiger partial charge in [-0.2, -0.15) is 13.2 Å². The fourth-order valence-corrected chi connectivity index (χ4v) is 1.45. The number of rotatable bonds is 6. The zero-order valence-corrected chi connectivity index (χ0v) is 10.5. The van der Waals surface area contributed by atoms with Gasteiger partial charge in [-0.15, -0.1) is 0 Å². The molecule has 1 aromatic rings. The van der Waals surface area contributed by atoms with E-state index in [9.17, 15) is 13.2 Å². The number of hydrogen-bond acceptors (Lipinski definition) is 3. The second-order valence-electron chi connectivity index (χ2n) is 3.89. The highest BCUT2D eigenvalue weighted by Gasteiger charge is 2.25. The lowest BCUT2D eigenvalue weighted by Crippen LogP contribution is -2.31. The van der Waals surface area contributed by atoms with E-state index in [-0.39, 0.29) is 13.2 Å². The van der Waals surface area contributed by atoms with Crippen LogP contribution in [0.1, 0.15) is 18.3 Å². The van der Waals surface area contributed by atoms with Crippen molar-refractivity contribution < 1.29 is 17.9 Å². The molecule has 0 fully saturated rings. The molecule has 0 aromatic carbocycles. The molecule has 0 bridgehead atoms. The van der Waals surface area contributed by atoms with E-state index in [0.717, 1.165) is 17.8 Å². The maximum atomic E-state index is 11.9. The van der Waals surface area contributed by atoms with Crippen LogP contribution in [0.2, 0.25) is 0 Å². The number of ether oxygens (including phenoxy) is 1. The van der Waals surface area contributed by atoms with E-state index >= 15 is 0 Å². The van der Waals surface area contributed by atoms with E-state index in [1.165, 1.54) is 0 Å². The highest BCUT2D eigenvalue weighted by atomic mass is 19.4. The number of nitrogens with zero attached hydrogens (tertiary/aromatic N) is 1. The van der Waals surface area contributed by atoms with Crippen LogP contribution in [0.3, 0.4) is 0 Å². The smallest absolute Gasteiger partial charge is 0.401 e. The van der Waals surface area contributed by atoms with Crippen LogP contribution in [-0.2, 0) is 6.42 Å². The van der Waals surface area contributed by atoms with Crippen LogP contribution in [0.25, 0.3) is 0 Å². The number of hydrogen-bond donors (Lipinski definition) is 1. The molecule has 102 valence electrons. The van der Waals surface area contributed by atoms with E-state index in [1.54, 1.807) is 6.07 Å². The first-order valence-corrected chi connectivity index (χ1v) is 5.79. The van der Waals surface area contributed by atoms with Crippen LogP contribution >= 0.6 is 0 Å². The van der Waals surface area contributed by atoms with Gasteiger partial charge >= 0.3 is 6.18 Å². The summed E-state index contributed by atoms with van der Waals surface area (Å²) in [5.41, 5.74) is 1.72. The molecule has 6 heteroatoms. The van der Waals surface area contributed by atoms with Gasteiger partial charge in [0, 0.05) is 12.2 Å². The van der Waals surface area contributed by atoms with Crippen molar-refractivity contribution in [1.29, 1.82) is 0 Å². The Morgan fingerprint density at radius 2 is 2.06 bits per heavy atom. The van der Waals surface area contributed by atoms with Crippen molar-refractivity contribution in [2.24, 2.45) is 0 Å². The molecule has 1 heterocycles. The Labute approximate surface area is 104 Å². The maximum Gasteiger partial charge on any atom is 0.401 e. The molecular weight excluding hydrogens is 245 g/mol. The second-order valence-corrected chi connectivity index (χ2v) is 3.89. The van der Waals surface area contributed by atoms with Gasteiger partial charge in [0.25, 0.3) is 0 Å². The van der Waals surface area contributed by atoms with E-state index in [2.05, 4.69) is 10.3 Å². The highest BCUT2D eigenvalue weighted by Crippen LogP contribution is 2.17. The molecule has 0 saturated carbocycles. The fourth-order valence-electron chi connectivity index (χ4n) is 1.45. The van der Waals surface area contributed by atoms with Crippen molar-refractivity contribution in [3.05, 3.63) is 23.5 Å². The minimum atomic E-state index is -4.18. The van der Waals surface area contributed by atoms with Gasteiger partial charge in [-0.25, -0.2) is 0 Å². The molecule has 1 aromatic heterocycles. The first-order valence-electron chi connectivity index (χ1n) is 5.79. The average molecular weight is 262 g/mol. The van der Waals surface area contributed by atoms with Gasteiger partial charge in [0.05, 0.1) is 12.2 Å². The van der Waals surface area contributed by atoms with Gasteiger partial charge in [0.1, 0.15) is 12.4 Å². The summed E-state index contributed by atoms with van der Waals surface area (Å²) in [6.07, 6.45) is -3.45. The van der Waals surface area contributed by atoms with Crippen LogP contribution in [-0.4, -0.2) is 30.9 Å². The molecule has 0 atom stereocenters. The Morgan fingerprint density at radius 3 is 2.67 bits per heavy atom. The van der Waals surface area contributed by atoms with Crippen LogP contribution in [0.15, 0.2) is 12.1 Å². The summed E-state index contributed by atoms with van der Waals surface area (Å²) in [7, 11) is 0. The number of alkyl halides is 3. The van der Waals surface area contributed by atoms with Gasteiger partial charge in [0.2, 0.25) is 0 Å². The lowest BCUT2D eigenvalue weighted by molar-refractivity contribution is -0.124. The summed E-state index contributed by atoms with van der Waals surface area (Å²) in [5, 5.41) is 2.27. The van der Waals surface area contributed by atoms with Crippen LogP contribution in [0, 0.1) is 6.92 Å². The molecule has 1 rings (SSSR count). The maximum absolute atomic E-state index is 11.9. The van der Waals surface area contributed by atoms with Crippen molar-refractivity contribution >= 4 is 0 Å². The third kappa shape index (κ3) is 5.35. The lowest BCUT2D eigenvalue weighted by Gasteiger charge is -2.11. The Hall–Kier alpha value is -1.30. The zero-order valence-electron chi connectivity index (χ0n) is 10.5. The molecular formula is C12H17F3N2O. The van der Waals surface area contributed by atoms with Gasteiger partial charge in [-0.1, -0.05) is 6.92 Å². The van der Waals surface area contributed by atoms with E-state index < -0.39 is 12.7 Å². The number of halogens is 3. The minimum Gasteiger partial charge on any atom is -0.490 e. The van der Waals surface area contributed by atoms with Gasteiger partial charge in [-0.05, 0) is 25.5 Å². The third-order valence-electron chi connectivity index (χ3n) is 2.27. The van der Waals surface area contributed by atoms with Crippen molar-refractivity contribution in [1.82, 2.24) is 10.3 Å². The molecule has 0 aliphatic rings. The van der Waals surface area contributed by atoms with Gasteiger partial charge in [-0.3, -0.25) is 4.98 Å². The first kappa shape index (κ1) is 14.8. The summed E-state index contributed by atoms with van der Waals surface area (Å²) >= 11 is 0. The normalized spacial score (nSPS) is 11.6. The van der Waals surface area contributed by atoms with E-state index in [1.807, 2.05) is 19.9 Å².